The van der Waals surface area contributed by atoms with E-state index in [4.69, 9.17) is 16.3 Å². The maximum Gasteiger partial charge on any atom is 0.339 e. The average molecular weight is 334 g/mol. The summed E-state index contributed by atoms with van der Waals surface area (Å²) >= 11 is 5.93. The number of hydrogen-bond acceptors (Lipinski definition) is 4. The van der Waals surface area contributed by atoms with Crippen LogP contribution in [0.2, 0.25) is 5.02 Å². The molecule has 0 bridgehead atoms. The number of rotatable bonds is 6. The van der Waals surface area contributed by atoms with Gasteiger partial charge in [-0.3, -0.25) is 0 Å². The summed E-state index contributed by atoms with van der Waals surface area (Å²) in [5.41, 5.74) is 1.17. The predicted molar refractivity (Wildman–Crippen MR) is 88.1 cm³/mol. The summed E-state index contributed by atoms with van der Waals surface area (Å²) in [6.45, 7) is 2.23. The Morgan fingerprint density at radius 1 is 1.22 bits per heavy atom. The lowest BCUT2D eigenvalue weighted by Crippen LogP contribution is -2.14. The van der Waals surface area contributed by atoms with Crippen molar-refractivity contribution in [1.82, 2.24) is 0 Å². The molecule has 0 aromatic heterocycles. The van der Waals surface area contributed by atoms with E-state index >= 15 is 0 Å². The van der Waals surface area contributed by atoms with Crippen molar-refractivity contribution in [3.05, 3.63) is 64.2 Å². The highest BCUT2D eigenvalue weighted by molar-refractivity contribution is 6.30. The summed E-state index contributed by atoms with van der Waals surface area (Å²) in [4.78, 5) is 23.5. The van der Waals surface area contributed by atoms with E-state index in [1.165, 1.54) is 6.07 Å². The maximum absolute atomic E-state index is 11.9. The fourth-order valence-corrected chi connectivity index (χ4v) is 2.37. The molecule has 23 heavy (non-hydrogen) atoms. The van der Waals surface area contributed by atoms with Gasteiger partial charge in [0.25, 0.3) is 0 Å². The van der Waals surface area contributed by atoms with E-state index in [9.17, 15) is 14.7 Å². The molecule has 0 saturated carbocycles. The first kappa shape index (κ1) is 16.8. The van der Waals surface area contributed by atoms with Crippen molar-refractivity contribution < 1.29 is 19.4 Å². The zero-order valence-electron chi connectivity index (χ0n) is 12.5. The molecule has 2 rings (SSSR count). The monoisotopic (exact) mass is 333 g/mol. The van der Waals surface area contributed by atoms with Gasteiger partial charge in [0.15, 0.2) is 0 Å². The number of benzene rings is 2. The SMILES string of the molecule is CCOC(=O)c1cccc(NCc2cccc(Cl)c2)c1C(=O)O. The molecule has 5 nitrogen and oxygen atoms in total. The molecule has 0 aliphatic carbocycles. The Hall–Kier alpha value is -2.53. The number of anilines is 1. The molecule has 0 fully saturated rings. The van der Waals surface area contributed by atoms with Crippen LogP contribution in [0.4, 0.5) is 5.69 Å². The first-order valence-electron chi connectivity index (χ1n) is 7.04. The number of halogens is 1. The van der Waals surface area contributed by atoms with E-state index in [-0.39, 0.29) is 17.7 Å². The summed E-state index contributed by atoms with van der Waals surface area (Å²) in [5, 5.41) is 13.1. The molecule has 2 aromatic carbocycles. The highest BCUT2D eigenvalue weighted by Crippen LogP contribution is 2.22. The Morgan fingerprint density at radius 2 is 1.96 bits per heavy atom. The molecule has 0 aliphatic rings. The van der Waals surface area contributed by atoms with Gasteiger partial charge in [-0.25, -0.2) is 9.59 Å². The van der Waals surface area contributed by atoms with Crippen molar-refractivity contribution in [2.75, 3.05) is 11.9 Å². The topological polar surface area (TPSA) is 75.6 Å². The van der Waals surface area contributed by atoms with E-state index < -0.39 is 11.9 Å². The quantitative estimate of drug-likeness (QED) is 0.786. The molecule has 0 heterocycles. The summed E-state index contributed by atoms with van der Waals surface area (Å²) in [7, 11) is 0. The number of carbonyl (C=O) groups is 2. The zero-order chi connectivity index (χ0) is 16.8. The Bertz CT molecular complexity index is 730. The molecular weight excluding hydrogens is 318 g/mol. The Labute approximate surface area is 138 Å². The summed E-state index contributed by atoms with van der Waals surface area (Å²) < 4.78 is 4.90. The van der Waals surface area contributed by atoms with Crippen molar-refractivity contribution >= 4 is 29.2 Å². The van der Waals surface area contributed by atoms with Crippen molar-refractivity contribution in [2.24, 2.45) is 0 Å². The van der Waals surface area contributed by atoms with Crippen LogP contribution in [-0.4, -0.2) is 23.7 Å². The highest BCUT2D eigenvalue weighted by Gasteiger charge is 2.21. The normalized spacial score (nSPS) is 10.2. The number of nitrogens with one attached hydrogen (secondary N) is 1. The lowest BCUT2D eigenvalue weighted by molar-refractivity contribution is 0.0515. The van der Waals surface area contributed by atoms with Gasteiger partial charge >= 0.3 is 11.9 Å². The Balaban J connectivity index is 2.29. The van der Waals surface area contributed by atoms with Crippen molar-refractivity contribution in [3.8, 4) is 0 Å². The van der Waals surface area contributed by atoms with E-state index in [1.54, 1.807) is 31.2 Å². The van der Waals surface area contributed by atoms with Crippen LogP contribution in [-0.2, 0) is 11.3 Å². The molecule has 6 heteroatoms. The van der Waals surface area contributed by atoms with Gasteiger partial charge in [0.1, 0.15) is 0 Å². The molecule has 2 N–H and O–H groups in total. The largest absolute Gasteiger partial charge is 0.478 e. The molecule has 0 aliphatic heterocycles. The molecule has 0 spiro atoms. The third-order valence-corrected chi connectivity index (χ3v) is 3.38. The van der Waals surface area contributed by atoms with Gasteiger partial charge in [-0.2, -0.15) is 0 Å². The fourth-order valence-electron chi connectivity index (χ4n) is 2.15. The third-order valence-electron chi connectivity index (χ3n) is 3.15. The maximum atomic E-state index is 11.9. The molecule has 120 valence electrons. The van der Waals surface area contributed by atoms with Crippen LogP contribution in [0.15, 0.2) is 42.5 Å². The Morgan fingerprint density at radius 3 is 2.61 bits per heavy atom. The standard InChI is InChI=1S/C17H16ClNO4/c1-2-23-17(22)13-7-4-8-14(15(13)16(20)21)19-10-11-5-3-6-12(18)9-11/h3-9,19H,2,10H2,1H3,(H,20,21). The molecule has 0 radical (unpaired) electrons. The van der Waals surface area contributed by atoms with Crippen LogP contribution in [0.25, 0.3) is 0 Å². The molecule has 0 unspecified atom stereocenters. The van der Waals surface area contributed by atoms with E-state index in [0.29, 0.717) is 17.3 Å². The molecule has 2 aromatic rings. The minimum absolute atomic E-state index is 0.0236. The number of carbonyl (C=O) groups excluding carboxylic acids is 1. The Kier molecular flexibility index (Phi) is 5.60. The number of aromatic carboxylic acids is 1. The zero-order valence-corrected chi connectivity index (χ0v) is 13.3. The van der Waals surface area contributed by atoms with Gasteiger partial charge in [-0.05, 0) is 36.8 Å². The van der Waals surface area contributed by atoms with Gasteiger partial charge in [0, 0.05) is 17.3 Å². The van der Waals surface area contributed by atoms with Crippen LogP contribution in [0.3, 0.4) is 0 Å². The van der Waals surface area contributed by atoms with E-state index in [0.717, 1.165) is 5.56 Å². The number of carboxylic acid groups (broad SMARTS) is 1. The second-order valence-corrected chi connectivity index (χ2v) is 5.17. The second kappa shape index (κ2) is 7.65. The third kappa shape index (κ3) is 4.23. The van der Waals surface area contributed by atoms with Gasteiger partial charge in [0.2, 0.25) is 0 Å². The van der Waals surface area contributed by atoms with Gasteiger partial charge < -0.3 is 15.2 Å². The van der Waals surface area contributed by atoms with Gasteiger partial charge in [-0.1, -0.05) is 29.8 Å². The fraction of sp³-hybridized carbons (Fsp3) is 0.176. The van der Waals surface area contributed by atoms with E-state index in [1.807, 2.05) is 12.1 Å². The molecule has 0 amide bonds. The van der Waals surface area contributed by atoms with Crippen molar-refractivity contribution in [3.63, 3.8) is 0 Å². The lowest BCUT2D eigenvalue weighted by atomic mass is 10.0. The summed E-state index contributed by atoms with van der Waals surface area (Å²) in [6, 6.07) is 11.9. The molecular formula is C17H16ClNO4. The van der Waals surface area contributed by atoms with Crippen LogP contribution in [0.1, 0.15) is 33.2 Å². The van der Waals surface area contributed by atoms with Crippen LogP contribution >= 0.6 is 11.6 Å². The minimum atomic E-state index is -1.19. The van der Waals surface area contributed by atoms with Crippen molar-refractivity contribution in [2.45, 2.75) is 13.5 Å². The lowest BCUT2D eigenvalue weighted by Gasteiger charge is -2.13. The predicted octanol–water partition coefficient (Wildman–Crippen LogP) is 3.83. The van der Waals surface area contributed by atoms with Gasteiger partial charge in [0.05, 0.1) is 17.7 Å². The first-order valence-corrected chi connectivity index (χ1v) is 7.42. The highest BCUT2D eigenvalue weighted by atomic mass is 35.5. The molecule has 0 atom stereocenters. The summed E-state index contributed by atoms with van der Waals surface area (Å²) in [6.07, 6.45) is 0. The van der Waals surface area contributed by atoms with Crippen molar-refractivity contribution in [1.29, 1.82) is 0 Å². The van der Waals surface area contributed by atoms with Crippen LogP contribution < -0.4 is 5.32 Å². The number of esters is 1. The van der Waals surface area contributed by atoms with E-state index in [2.05, 4.69) is 5.32 Å². The number of ether oxygens (including phenoxy) is 1. The van der Waals surface area contributed by atoms with Gasteiger partial charge in [-0.15, -0.1) is 0 Å². The number of hydrogen-bond donors (Lipinski definition) is 2. The minimum Gasteiger partial charge on any atom is -0.478 e. The van der Waals surface area contributed by atoms with Crippen LogP contribution in [0.5, 0.6) is 0 Å². The van der Waals surface area contributed by atoms with Crippen LogP contribution in [0, 0.1) is 0 Å². The average Bonchev–Trinajstić information content (AvgIpc) is 2.52. The first-order chi connectivity index (χ1) is 11.0. The smallest absolute Gasteiger partial charge is 0.339 e. The second-order valence-electron chi connectivity index (χ2n) is 4.74. The number of carboxylic acids is 1. The molecule has 0 saturated heterocycles. The summed E-state index contributed by atoms with van der Waals surface area (Å²) in [5.74, 6) is -1.85.